The highest BCUT2D eigenvalue weighted by Gasteiger charge is 2.33. The maximum Gasteiger partial charge on any atom is 0.0328 e. The standard InChI is InChI=1S/C17H23BrN2/c18-13-2-5-16-12(11-13)1-6-17(16)19-14-7-9-20(10-8-14)15-3-4-15/h2,5,11,14-15,17,19H,1,3-4,6-10H2. The maximum atomic E-state index is 3.93. The second kappa shape index (κ2) is 5.43. The van der Waals surface area contributed by atoms with Crippen LogP contribution >= 0.6 is 15.9 Å². The predicted molar refractivity (Wildman–Crippen MR) is 86.0 cm³/mol. The summed E-state index contributed by atoms with van der Waals surface area (Å²) in [7, 11) is 0. The lowest BCUT2D eigenvalue weighted by Gasteiger charge is -2.34. The Morgan fingerprint density at radius 1 is 1.05 bits per heavy atom. The van der Waals surface area contributed by atoms with Crippen LogP contribution in [0.5, 0.6) is 0 Å². The van der Waals surface area contributed by atoms with Gasteiger partial charge in [0, 0.05) is 22.6 Å². The van der Waals surface area contributed by atoms with Crippen LogP contribution in [0, 0.1) is 0 Å². The quantitative estimate of drug-likeness (QED) is 0.907. The summed E-state index contributed by atoms with van der Waals surface area (Å²) in [6, 6.07) is 9.06. The van der Waals surface area contributed by atoms with E-state index in [1.165, 1.54) is 67.2 Å². The predicted octanol–water partition coefficient (Wildman–Crippen LogP) is 3.65. The maximum absolute atomic E-state index is 3.93. The van der Waals surface area contributed by atoms with E-state index in [0.717, 1.165) is 12.1 Å². The normalized spacial score (nSPS) is 27.8. The second-order valence-electron chi connectivity index (χ2n) is 6.64. The Balaban J connectivity index is 1.37. The van der Waals surface area contributed by atoms with Crippen molar-refractivity contribution < 1.29 is 0 Å². The SMILES string of the molecule is Brc1ccc2c(c1)CCC2NC1CCN(C2CC2)CC1. The number of fused-ring (bicyclic) bond motifs is 1. The lowest BCUT2D eigenvalue weighted by Crippen LogP contribution is -2.44. The molecule has 1 N–H and O–H groups in total. The topological polar surface area (TPSA) is 15.3 Å². The van der Waals surface area contributed by atoms with E-state index in [9.17, 15) is 0 Å². The molecule has 3 aliphatic rings. The molecule has 2 aliphatic carbocycles. The number of hydrogen-bond acceptors (Lipinski definition) is 2. The Morgan fingerprint density at radius 3 is 2.60 bits per heavy atom. The zero-order chi connectivity index (χ0) is 13.5. The van der Waals surface area contributed by atoms with Crippen molar-refractivity contribution in [3.05, 3.63) is 33.8 Å². The fourth-order valence-electron chi connectivity index (χ4n) is 3.91. The summed E-state index contributed by atoms with van der Waals surface area (Å²) in [6.07, 6.45) is 8.06. The highest BCUT2D eigenvalue weighted by atomic mass is 79.9. The molecule has 0 amide bonds. The van der Waals surface area contributed by atoms with E-state index < -0.39 is 0 Å². The van der Waals surface area contributed by atoms with Crippen molar-refractivity contribution >= 4 is 15.9 Å². The van der Waals surface area contributed by atoms with Gasteiger partial charge in [0.1, 0.15) is 0 Å². The van der Waals surface area contributed by atoms with Crippen LogP contribution in [0.3, 0.4) is 0 Å². The molecule has 0 radical (unpaired) electrons. The lowest BCUT2D eigenvalue weighted by molar-refractivity contribution is 0.183. The van der Waals surface area contributed by atoms with Crippen molar-refractivity contribution in [1.29, 1.82) is 0 Å². The summed E-state index contributed by atoms with van der Waals surface area (Å²) in [5.41, 5.74) is 3.07. The summed E-state index contributed by atoms with van der Waals surface area (Å²) < 4.78 is 1.22. The average Bonchev–Trinajstić information content (AvgIpc) is 3.23. The van der Waals surface area contributed by atoms with Gasteiger partial charge in [-0.3, -0.25) is 0 Å². The first kappa shape index (κ1) is 13.3. The Labute approximate surface area is 130 Å². The van der Waals surface area contributed by atoms with Gasteiger partial charge >= 0.3 is 0 Å². The Bertz CT molecular complexity index is 490. The molecule has 1 aliphatic heterocycles. The summed E-state index contributed by atoms with van der Waals surface area (Å²) in [6.45, 7) is 2.62. The number of halogens is 1. The van der Waals surface area contributed by atoms with E-state index in [1.807, 2.05) is 0 Å². The van der Waals surface area contributed by atoms with Gasteiger partial charge in [-0.2, -0.15) is 0 Å². The number of rotatable bonds is 3. The largest absolute Gasteiger partial charge is 0.307 e. The number of nitrogens with zero attached hydrogens (tertiary/aromatic N) is 1. The second-order valence-corrected chi connectivity index (χ2v) is 7.56. The van der Waals surface area contributed by atoms with E-state index in [-0.39, 0.29) is 0 Å². The summed E-state index contributed by atoms with van der Waals surface area (Å²) in [4.78, 5) is 2.71. The van der Waals surface area contributed by atoms with Crippen molar-refractivity contribution in [3.8, 4) is 0 Å². The molecule has 20 heavy (non-hydrogen) atoms. The molecule has 1 aromatic rings. The number of hydrogen-bond donors (Lipinski definition) is 1. The Morgan fingerprint density at radius 2 is 1.85 bits per heavy atom. The van der Waals surface area contributed by atoms with Crippen LogP contribution in [0.4, 0.5) is 0 Å². The molecule has 1 atom stereocenters. The first-order valence-corrected chi connectivity index (χ1v) is 8.87. The first-order chi connectivity index (χ1) is 9.79. The minimum absolute atomic E-state index is 0.593. The Hall–Kier alpha value is -0.380. The zero-order valence-corrected chi connectivity index (χ0v) is 13.5. The third kappa shape index (κ3) is 2.68. The molecule has 2 fully saturated rings. The van der Waals surface area contributed by atoms with Crippen LogP contribution in [0.25, 0.3) is 0 Å². The van der Waals surface area contributed by atoms with E-state index in [0.29, 0.717) is 6.04 Å². The number of piperidine rings is 1. The molecule has 0 bridgehead atoms. The molecule has 1 heterocycles. The molecule has 1 aromatic carbocycles. The van der Waals surface area contributed by atoms with E-state index in [2.05, 4.69) is 44.3 Å². The van der Waals surface area contributed by atoms with Gasteiger partial charge < -0.3 is 10.2 Å². The molecule has 108 valence electrons. The van der Waals surface area contributed by atoms with Gasteiger partial charge in [-0.05, 0) is 74.9 Å². The Kier molecular flexibility index (Phi) is 3.61. The van der Waals surface area contributed by atoms with Crippen molar-refractivity contribution in [3.63, 3.8) is 0 Å². The molecular weight excluding hydrogens is 312 g/mol. The van der Waals surface area contributed by atoms with Gasteiger partial charge in [0.05, 0.1) is 0 Å². The van der Waals surface area contributed by atoms with Crippen molar-refractivity contribution in [2.75, 3.05) is 13.1 Å². The smallest absolute Gasteiger partial charge is 0.0328 e. The van der Waals surface area contributed by atoms with Crippen molar-refractivity contribution in [2.24, 2.45) is 0 Å². The van der Waals surface area contributed by atoms with E-state index in [1.54, 1.807) is 0 Å². The van der Waals surface area contributed by atoms with Gasteiger partial charge in [-0.1, -0.05) is 22.0 Å². The first-order valence-electron chi connectivity index (χ1n) is 8.08. The fourth-order valence-corrected chi connectivity index (χ4v) is 4.32. The highest BCUT2D eigenvalue weighted by molar-refractivity contribution is 9.10. The zero-order valence-electron chi connectivity index (χ0n) is 11.9. The highest BCUT2D eigenvalue weighted by Crippen LogP contribution is 2.34. The van der Waals surface area contributed by atoms with Crippen LogP contribution in [-0.2, 0) is 6.42 Å². The van der Waals surface area contributed by atoms with Gasteiger partial charge in [-0.15, -0.1) is 0 Å². The monoisotopic (exact) mass is 334 g/mol. The summed E-state index contributed by atoms with van der Waals surface area (Å²) >= 11 is 3.58. The summed E-state index contributed by atoms with van der Waals surface area (Å²) in [5, 5.41) is 3.93. The van der Waals surface area contributed by atoms with E-state index >= 15 is 0 Å². The molecule has 1 saturated heterocycles. The van der Waals surface area contributed by atoms with Crippen LogP contribution < -0.4 is 5.32 Å². The lowest BCUT2D eigenvalue weighted by atomic mass is 10.0. The number of aryl methyl sites for hydroxylation is 1. The summed E-state index contributed by atoms with van der Waals surface area (Å²) in [5.74, 6) is 0. The molecular formula is C17H23BrN2. The van der Waals surface area contributed by atoms with Gasteiger partial charge in [0.15, 0.2) is 0 Å². The fraction of sp³-hybridized carbons (Fsp3) is 0.647. The van der Waals surface area contributed by atoms with Crippen molar-refractivity contribution in [1.82, 2.24) is 10.2 Å². The molecule has 1 saturated carbocycles. The van der Waals surface area contributed by atoms with Crippen molar-refractivity contribution in [2.45, 2.75) is 56.7 Å². The number of benzene rings is 1. The molecule has 0 aromatic heterocycles. The third-order valence-corrected chi connectivity index (χ3v) is 5.71. The molecule has 2 nitrogen and oxygen atoms in total. The van der Waals surface area contributed by atoms with Gasteiger partial charge in [0.25, 0.3) is 0 Å². The van der Waals surface area contributed by atoms with E-state index in [4.69, 9.17) is 0 Å². The number of likely N-dealkylation sites (tertiary alicyclic amines) is 1. The molecule has 4 rings (SSSR count). The minimum atomic E-state index is 0.593. The van der Waals surface area contributed by atoms with Crippen LogP contribution in [-0.4, -0.2) is 30.1 Å². The third-order valence-electron chi connectivity index (χ3n) is 5.21. The van der Waals surface area contributed by atoms with Crippen LogP contribution in [0.2, 0.25) is 0 Å². The van der Waals surface area contributed by atoms with Gasteiger partial charge in [-0.25, -0.2) is 0 Å². The average molecular weight is 335 g/mol. The molecule has 0 spiro atoms. The molecule has 1 unspecified atom stereocenters. The molecule has 3 heteroatoms. The van der Waals surface area contributed by atoms with Crippen LogP contribution in [0.15, 0.2) is 22.7 Å². The van der Waals surface area contributed by atoms with Crippen LogP contribution in [0.1, 0.15) is 49.3 Å². The van der Waals surface area contributed by atoms with Gasteiger partial charge in [0.2, 0.25) is 0 Å². The number of nitrogens with one attached hydrogen (secondary N) is 1. The minimum Gasteiger partial charge on any atom is -0.307 e.